The third-order valence-electron chi connectivity index (χ3n) is 5.49. The molecule has 0 spiro atoms. The maximum atomic E-state index is 12.8. The number of hydrogen-bond acceptors (Lipinski definition) is 3. The van der Waals surface area contributed by atoms with E-state index in [1.165, 1.54) is 5.56 Å². The van der Waals surface area contributed by atoms with Crippen molar-refractivity contribution in [2.75, 3.05) is 18.0 Å². The van der Waals surface area contributed by atoms with Gasteiger partial charge in [-0.15, -0.1) is 0 Å². The topological polar surface area (TPSA) is 77.9 Å². The maximum absolute atomic E-state index is 12.8. The van der Waals surface area contributed by atoms with Gasteiger partial charge in [0.2, 0.25) is 11.8 Å². The number of carbonyl (C=O) groups excluding carboxylic acids is 2. The Morgan fingerprint density at radius 3 is 2.48 bits per heavy atom. The summed E-state index contributed by atoms with van der Waals surface area (Å²) in [4.78, 5) is 39.7. The van der Waals surface area contributed by atoms with Crippen molar-refractivity contribution in [2.45, 2.75) is 39.2 Å². The number of aryl methyl sites for hydroxylation is 1. The summed E-state index contributed by atoms with van der Waals surface area (Å²) in [6, 6.07) is 7.51. The summed E-state index contributed by atoms with van der Waals surface area (Å²) in [7, 11) is 0. The van der Waals surface area contributed by atoms with E-state index in [1.807, 2.05) is 24.3 Å². The summed E-state index contributed by atoms with van der Waals surface area (Å²) >= 11 is 0. The summed E-state index contributed by atoms with van der Waals surface area (Å²) in [5.74, 6) is -1.92. The zero-order valence-corrected chi connectivity index (χ0v) is 14.6. The zero-order valence-electron chi connectivity index (χ0n) is 14.6. The lowest BCUT2D eigenvalue weighted by Gasteiger charge is -2.26. The lowest BCUT2D eigenvalue weighted by molar-refractivity contribution is -0.143. The van der Waals surface area contributed by atoms with Gasteiger partial charge in [0.15, 0.2) is 0 Å². The van der Waals surface area contributed by atoms with E-state index in [0.717, 1.165) is 12.1 Å². The fourth-order valence-electron chi connectivity index (χ4n) is 3.85. The molecule has 3 unspecified atom stereocenters. The van der Waals surface area contributed by atoms with Crippen molar-refractivity contribution in [2.24, 2.45) is 11.8 Å². The molecule has 0 aliphatic carbocycles. The number of likely N-dealkylation sites (tertiary alicyclic amines) is 1. The minimum atomic E-state index is -0.858. The molecule has 2 amide bonds. The van der Waals surface area contributed by atoms with Crippen LogP contribution in [0.15, 0.2) is 24.3 Å². The highest BCUT2D eigenvalue weighted by molar-refractivity contribution is 6.00. The highest BCUT2D eigenvalue weighted by atomic mass is 16.4. The first-order valence-corrected chi connectivity index (χ1v) is 8.85. The van der Waals surface area contributed by atoms with E-state index in [9.17, 15) is 19.5 Å². The predicted molar refractivity (Wildman–Crippen MR) is 93.2 cm³/mol. The quantitative estimate of drug-likeness (QED) is 0.905. The molecule has 134 valence electrons. The maximum Gasteiger partial charge on any atom is 0.308 e. The number of hydrogen-bond donors (Lipinski definition) is 1. The van der Waals surface area contributed by atoms with E-state index in [0.29, 0.717) is 19.5 Å². The normalized spacial score (nSPS) is 26.3. The van der Waals surface area contributed by atoms with Crippen molar-refractivity contribution in [1.29, 1.82) is 0 Å². The summed E-state index contributed by atoms with van der Waals surface area (Å²) in [5.41, 5.74) is 2.02. The van der Waals surface area contributed by atoms with Crippen LogP contribution in [0.4, 0.5) is 5.69 Å². The fourth-order valence-corrected chi connectivity index (χ4v) is 3.85. The highest BCUT2D eigenvalue weighted by Crippen LogP contribution is 2.31. The molecule has 1 aromatic carbocycles. The van der Waals surface area contributed by atoms with Crippen LogP contribution < -0.4 is 4.90 Å². The lowest BCUT2D eigenvalue weighted by atomic mass is 10.0. The van der Waals surface area contributed by atoms with E-state index < -0.39 is 17.8 Å². The van der Waals surface area contributed by atoms with E-state index in [2.05, 4.69) is 6.92 Å². The number of benzene rings is 1. The molecular weight excluding hydrogens is 320 g/mol. The largest absolute Gasteiger partial charge is 0.481 e. The molecule has 0 aromatic heterocycles. The number of carboxylic acid groups (broad SMARTS) is 1. The van der Waals surface area contributed by atoms with Gasteiger partial charge in [0.05, 0.1) is 11.8 Å². The molecule has 0 radical (unpaired) electrons. The molecule has 6 nitrogen and oxygen atoms in total. The Morgan fingerprint density at radius 2 is 1.92 bits per heavy atom. The number of carboxylic acids is 1. The Hall–Kier alpha value is -2.37. The molecule has 3 rings (SSSR count). The molecule has 2 aliphatic rings. The number of carbonyl (C=O) groups is 3. The Labute approximate surface area is 147 Å². The molecule has 2 heterocycles. The predicted octanol–water partition coefficient (Wildman–Crippen LogP) is 1.92. The van der Waals surface area contributed by atoms with E-state index in [4.69, 9.17) is 0 Å². The second kappa shape index (κ2) is 6.86. The smallest absolute Gasteiger partial charge is 0.308 e. The molecular formula is C19H24N2O4. The van der Waals surface area contributed by atoms with E-state index in [-0.39, 0.29) is 24.3 Å². The summed E-state index contributed by atoms with van der Waals surface area (Å²) in [6.45, 7) is 4.67. The van der Waals surface area contributed by atoms with Gasteiger partial charge in [-0.1, -0.05) is 19.1 Å². The molecule has 2 fully saturated rings. The van der Waals surface area contributed by atoms with Crippen molar-refractivity contribution in [3.8, 4) is 0 Å². The zero-order chi connectivity index (χ0) is 18.1. The average Bonchev–Trinajstić information content (AvgIpc) is 3.17. The summed E-state index contributed by atoms with van der Waals surface area (Å²) in [6.07, 6.45) is 1.60. The molecule has 1 aromatic rings. The molecule has 3 atom stereocenters. The van der Waals surface area contributed by atoms with Crippen molar-refractivity contribution >= 4 is 23.5 Å². The van der Waals surface area contributed by atoms with Crippen molar-refractivity contribution in [3.05, 3.63) is 29.8 Å². The van der Waals surface area contributed by atoms with Crippen molar-refractivity contribution in [3.63, 3.8) is 0 Å². The van der Waals surface area contributed by atoms with Gasteiger partial charge in [0.25, 0.3) is 0 Å². The van der Waals surface area contributed by atoms with Crippen LogP contribution in [0.2, 0.25) is 0 Å². The molecule has 25 heavy (non-hydrogen) atoms. The number of nitrogens with zero attached hydrogens (tertiary/aromatic N) is 2. The fraction of sp³-hybridized carbons (Fsp3) is 0.526. The molecule has 2 aliphatic heterocycles. The van der Waals surface area contributed by atoms with E-state index in [1.54, 1.807) is 16.7 Å². The Balaban J connectivity index is 1.69. The van der Waals surface area contributed by atoms with Gasteiger partial charge in [0, 0.05) is 31.2 Å². The van der Waals surface area contributed by atoms with Crippen LogP contribution in [0, 0.1) is 11.8 Å². The van der Waals surface area contributed by atoms with Crippen LogP contribution in [0.5, 0.6) is 0 Å². The first-order valence-electron chi connectivity index (χ1n) is 8.85. The second-order valence-electron chi connectivity index (χ2n) is 6.93. The summed E-state index contributed by atoms with van der Waals surface area (Å²) < 4.78 is 0. The van der Waals surface area contributed by atoms with Gasteiger partial charge < -0.3 is 14.9 Å². The third kappa shape index (κ3) is 3.25. The van der Waals surface area contributed by atoms with Crippen LogP contribution in [-0.4, -0.2) is 46.9 Å². The van der Waals surface area contributed by atoms with Crippen molar-refractivity contribution in [1.82, 2.24) is 4.90 Å². The third-order valence-corrected chi connectivity index (χ3v) is 5.49. The lowest BCUT2D eigenvalue weighted by Crippen LogP contribution is -2.41. The Bertz CT molecular complexity index is 685. The minimum absolute atomic E-state index is 0.0516. The second-order valence-corrected chi connectivity index (χ2v) is 6.93. The van der Waals surface area contributed by atoms with Gasteiger partial charge in [-0.25, -0.2) is 0 Å². The van der Waals surface area contributed by atoms with Gasteiger partial charge in [-0.2, -0.15) is 0 Å². The molecule has 0 saturated carbocycles. The van der Waals surface area contributed by atoms with Crippen LogP contribution >= 0.6 is 0 Å². The van der Waals surface area contributed by atoms with Gasteiger partial charge >= 0.3 is 5.97 Å². The number of aliphatic carboxylic acids is 1. The Morgan fingerprint density at radius 1 is 1.24 bits per heavy atom. The van der Waals surface area contributed by atoms with Gasteiger partial charge in [0.1, 0.15) is 0 Å². The monoisotopic (exact) mass is 344 g/mol. The standard InChI is InChI=1S/C19H24N2O4/c1-3-13-4-6-15(7-5-13)21-11-14(10-17(21)22)18(23)20-9-8-16(12(20)2)19(24)25/h4-7,12,14,16H,3,8-11H2,1-2H3,(H,24,25). The van der Waals surface area contributed by atoms with E-state index >= 15 is 0 Å². The first kappa shape index (κ1) is 17.5. The average molecular weight is 344 g/mol. The van der Waals surface area contributed by atoms with Gasteiger partial charge in [-0.05, 0) is 37.5 Å². The van der Waals surface area contributed by atoms with Crippen LogP contribution in [0.1, 0.15) is 32.3 Å². The number of rotatable bonds is 4. The first-order chi connectivity index (χ1) is 11.9. The SMILES string of the molecule is CCc1ccc(N2CC(C(=O)N3CCC(C(=O)O)C3C)CC2=O)cc1. The number of anilines is 1. The molecule has 1 N–H and O–H groups in total. The van der Waals surface area contributed by atoms with Crippen LogP contribution in [0.25, 0.3) is 0 Å². The Kier molecular flexibility index (Phi) is 4.79. The minimum Gasteiger partial charge on any atom is -0.481 e. The molecule has 0 bridgehead atoms. The number of amides is 2. The van der Waals surface area contributed by atoms with Crippen LogP contribution in [-0.2, 0) is 20.8 Å². The molecule has 2 saturated heterocycles. The molecule has 6 heteroatoms. The highest BCUT2D eigenvalue weighted by Gasteiger charge is 2.43. The summed E-state index contributed by atoms with van der Waals surface area (Å²) in [5, 5.41) is 9.22. The van der Waals surface area contributed by atoms with Gasteiger partial charge in [-0.3, -0.25) is 14.4 Å². The van der Waals surface area contributed by atoms with Crippen LogP contribution in [0.3, 0.4) is 0 Å². The van der Waals surface area contributed by atoms with Crippen molar-refractivity contribution < 1.29 is 19.5 Å².